The molecule has 1 aliphatic rings. The largest absolute Gasteiger partial charge is 0.494 e. The normalized spacial score (nSPS) is 17.2. The van der Waals surface area contributed by atoms with Crippen LogP contribution in [0.4, 0.5) is 26.3 Å². The topological polar surface area (TPSA) is 36.9 Å². The molecule has 10 heteroatoms. The van der Waals surface area contributed by atoms with E-state index in [1.807, 2.05) is 6.92 Å². The molecule has 0 amide bonds. The summed E-state index contributed by atoms with van der Waals surface area (Å²) in [4.78, 5) is 0. The molecule has 0 atom stereocenters. The molecule has 0 saturated carbocycles. The molecule has 4 aromatic rings. The lowest BCUT2D eigenvalue weighted by Crippen LogP contribution is -2.38. The van der Waals surface area contributed by atoms with Gasteiger partial charge in [0.25, 0.3) is 0 Å². The molecule has 0 spiro atoms. The molecule has 0 unspecified atom stereocenters. The Morgan fingerprint density at radius 2 is 1.35 bits per heavy atom. The third kappa shape index (κ3) is 7.21. The van der Waals surface area contributed by atoms with E-state index in [0.717, 1.165) is 25.0 Å². The van der Waals surface area contributed by atoms with E-state index >= 15 is 0 Å². The molecule has 0 radical (unpaired) electrons. The Morgan fingerprint density at radius 1 is 0.744 bits per heavy atom. The lowest BCUT2D eigenvalue weighted by Gasteiger charge is -2.32. The number of rotatable bonds is 10. The molecule has 4 nitrogen and oxygen atoms in total. The molecule has 0 N–H and O–H groups in total. The fourth-order valence-electron chi connectivity index (χ4n) is 4.58. The first-order valence-corrected chi connectivity index (χ1v) is 13.7. The highest BCUT2D eigenvalue weighted by atomic mass is 19.3. The maximum Gasteiger partial charge on any atom is 0.383 e. The predicted octanol–water partition coefficient (Wildman–Crippen LogP) is 8.94. The van der Waals surface area contributed by atoms with Gasteiger partial charge in [-0.05, 0) is 65.6 Å². The highest BCUT2D eigenvalue weighted by molar-refractivity contribution is 5.71. The summed E-state index contributed by atoms with van der Waals surface area (Å²) in [5.74, 6) is -4.68. The van der Waals surface area contributed by atoms with Gasteiger partial charge in [0, 0.05) is 11.1 Å². The fourth-order valence-corrected chi connectivity index (χ4v) is 4.58. The van der Waals surface area contributed by atoms with Crippen LogP contribution in [0.1, 0.15) is 37.2 Å². The molecule has 43 heavy (non-hydrogen) atoms. The zero-order chi connectivity index (χ0) is 30.6. The molecule has 0 aliphatic carbocycles. The number of unbranched alkanes of at least 4 members (excludes halogenated alkanes) is 1. The van der Waals surface area contributed by atoms with Crippen molar-refractivity contribution in [2.75, 3.05) is 19.8 Å². The number of benzene rings is 4. The highest BCUT2D eigenvalue weighted by Gasteiger charge is 2.38. The Morgan fingerprint density at radius 3 is 1.95 bits per heavy atom. The molecule has 1 fully saturated rings. The van der Waals surface area contributed by atoms with E-state index in [-0.39, 0.29) is 29.9 Å². The number of hydrogen-bond acceptors (Lipinski definition) is 4. The summed E-state index contributed by atoms with van der Waals surface area (Å²) in [6, 6.07) is 17.8. The lowest BCUT2D eigenvalue weighted by atomic mass is 9.98. The van der Waals surface area contributed by atoms with Crippen LogP contribution in [0.15, 0.2) is 78.9 Å². The average molecular weight is 603 g/mol. The van der Waals surface area contributed by atoms with Crippen molar-refractivity contribution in [1.29, 1.82) is 0 Å². The van der Waals surface area contributed by atoms with E-state index in [0.29, 0.717) is 29.0 Å². The van der Waals surface area contributed by atoms with Gasteiger partial charge in [-0.2, -0.15) is 8.78 Å². The molecule has 1 aliphatic heterocycles. The van der Waals surface area contributed by atoms with Crippen molar-refractivity contribution in [3.63, 3.8) is 0 Å². The molecule has 1 heterocycles. The van der Waals surface area contributed by atoms with Crippen LogP contribution in [0, 0.1) is 23.3 Å². The Bertz CT molecular complexity index is 1510. The van der Waals surface area contributed by atoms with Crippen molar-refractivity contribution in [3.05, 3.63) is 113 Å². The monoisotopic (exact) mass is 602 g/mol. The van der Waals surface area contributed by atoms with Gasteiger partial charge < -0.3 is 18.9 Å². The number of ether oxygens (including phenoxy) is 4. The Labute approximate surface area is 244 Å². The maximum atomic E-state index is 14.8. The third-order valence-electron chi connectivity index (χ3n) is 6.92. The summed E-state index contributed by atoms with van der Waals surface area (Å²) in [6.45, 7) is 2.29. The van der Waals surface area contributed by atoms with E-state index in [1.54, 1.807) is 30.3 Å². The first-order valence-electron chi connectivity index (χ1n) is 13.7. The van der Waals surface area contributed by atoms with Crippen molar-refractivity contribution in [2.24, 2.45) is 0 Å². The smallest absolute Gasteiger partial charge is 0.383 e. The quantitative estimate of drug-likeness (QED) is 0.103. The van der Waals surface area contributed by atoms with Crippen LogP contribution in [-0.4, -0.2) is 25.9 Å². The summed E-state index contributed by atoms with van der Waals surface area (Å²) in [5.41, 5.74) is 1.20. The lowest BCUT2D eigenvalue weighted by molar-refractivity contribution is -0.320. The van der Waals surface area contributed by atoms with Crippen LogP contribution in [0.5, 0.6) is 5.75 Å². The van der Waals surface area contributed by atoms with E-state index in [4.69, 9.17) is 18.9 Å². The first kappa shape index (κ1) is 30.6. The second kappa shape index (κ2) is 13.2. The van der Waals surface area contributed by atoms with Crippen molar-refractivity contribution in [2.45, 2.75) is 38.3 Å². The van der Waals surface area contributed by atoms with E-state index in [9.17, 15) is 26.3 Å². The molecule has 1 saturated heterocycles. The van der Waals surface area contributed by atoms with Gasteiger partial charge in [0.15, 0.2) is 23.7 Å². The minimum Gasteiger partial charge on any atom is -0.494 e. The highest BCUT2D eigenvalue weighted by Crippen LogP contribution is 2.35. The van der Waals surface area contributed by atoms with Crippen LogP contribution in [0.3, 0.4) is 0 Å². The maximum absolute atomic E-state index is 14.8. The molecular weight excluding hydrogens is 574 g/mol. The van der Waals surface area contributed by atoms with Crippen LogP contribution < -0.4 is 4.74 Å². The van der Waals surface area contributed by atoms with Crippen molar-refractivity contribution in [3.8, 4) is 28.0 Å². The van der Waals surface area contributed by atoms with Crippen molar-refractivity contribution in [1.82, 2.24) is 0 Å². The summed E-state index contributed by atoms with van der Waals surface area (Å²) < 4.78 is 107. The van der Waals surface area contributed by atoms with Crippen LogP contribution in [-0.2, 0) is 20.3 Å². The van der Waals surface area contributed by atoms with Gasteiger partial charge in [0.1, 0.15) is 17.7 Å². The zero-order valence-electron chi connectivity index (χ0n) is 23.1. The third-order valence-corrected chi connectivity index (χ3v) is 6.92. The Hall–Kier alpha value is -3.86. The minimum atomic E-state index is -3.56. The number of alkyl halides is 2. The van der Waals surface area contributed by atoms with Crippen molar-refractivity contribution < 1.29 is 45.3 Å². The van der Waals surface area contributed by atoms with Gasteiger partial charge in [-0.1, -0.05) is 49.7 Å². The molecule has 226 valence electrons. The summed E-state index contributed by atoms with van der Waals surface area (Å²) in [6.07, 6.45) is -3.54. The summed E-state index contributed by atoms with van der Waals surface area (Å²) in [5, 5.41) is 0. The SMILES string of the molecule is CCCCOc1ccc(C(F)(F)OC2COC(c3ccc(-c4ccc(-c5cc(F)c(F)c(F)c5)c(F)c4)cc3)OC2)cc1. The van der Waals surface area contributed by atoms with E-state index < -0.39 is 41.8 Å². The molecule has 4 aromatic carbocycles. The van der Waals surface area contributed by atoms with Gasteiger partial charge in [-0.25, -0.2) is 17.6 Å². The summed E-state index contributed by atoms with van der Waals surface area (Å²) >= 11 is 0. The van der Waals surface area contributed by atoms with Gasteiger partial charge in [-0.15, -0.1) is 0 Å². The Balaban J connectivity index is 1.17. The second-order valence-electron chi connectivity index (χ2n) is 10.1. The van der Waals surface area contributed by atoms with Gasteiger partial charge >= 0.3 is 6.11 Å². The number of hydrogen-bond donors (Lipinski definition) is 0. The van der Waals surface area contributed by atoms with Crippen LogP contribution in [0.2, 0.25) is 0 Å². The molecule has 0 bridgehead atoms. The second-order valence-corrected chi connectivity index (χ2v) is 10.1. The molecule has 0 aromatic heterocycles. The number of halogens is 6. The standard InChI is InChI=1S/C33H28F6O4/c1-2-3-14-40-25-11-9-24(10-12-25)33(38,39)43-26-18-41-32(42-19-26)21-6-4-20(5-7-21)22-8-13-27(28(34)15-22)23-16-29(35)31(37)30(36)17-23/h4-13,15-17,26,32H,2-3,14,18-19H2,1H3. The van der Waals surface area contributed by atoms with Gasteiger partial charge in [-0.3, -0.25) is 0 Å². The van der Waals surface area contributed by atoms with E-state index in [2.05, 4.69) is 0 Å². The fraction of sp³-hybridized carbons (Fsp3) is 0.273. The van der Waals surface area contributed by atoms with Gasteiger partial charge in [0.2, 0.25) is 0 Å². The van der Waals surface area contributed by atoms with Gasteiger partial charge in [0.05, 0.1) is 25.4 Å². The van der Waals surface area contributed by atoms with E-state index in [1.165, 1.54) is 36.4 Å². The predicted molar refractivity (Wildman–Crippen MR) is 147 cm³/mol. The van der Waals surface area contributed by atoms with Crippen LogP contribution in [0.25, 0.3) is 22.3 Å². The molecular formula is C33H28F6O4. The minimum absolute atomic E-state index is 0.0852. The average Bonchev–Trinajstić information content (AvgIpc) is 3.00. The zero-order valence-corrected chi connectivity index (χ0v) is 23.1. The summed E-state index contributed by atoms with van der Waals surface area (Å²) in [7, 11) is 0. The molecule has 5 rings (SSSR count). The first-order chi connectivity index (χ1) is 20.6. The van der Waals surface area contributed by atoms with Crippen molar-refractivity contribution >= 4 is 0 Å². The Kier molecular flexibility index (Phi) is 9.39. The van der Waals surface area contributed by atoms with Crippen LogP contribution >= 0.6 is 0 Å².